The molecule has 4 rings (SSSR count). The van der Waals surface area contributed by atoms with Gasteiger partial charge in [-0.1, -0.05) is 6.92 Å². The van der Waals surface area contributed by atoms with Gasteiger partial charge in [0.15, 0.2) is 5.69 Å². The minimum Gasteiger partial charge on any atom is -0.391 e. The van der Waals surface area contributed by atoms with Crippen LogP contribution in [-0.2, 0) is 11.2 Å². The molecule has 144 valence electrons. The van der Waals surface area contributed by atoms with Crippen LogP contribution in [0.5, 0.6) is 0 Å². The largest absolute Gasteiger partial charge is 0.391 e. The molecule has 7 heteroatoms. The number of likely N-dealkylation sites (tertiary alicyclic amines) is 1. The summed E-state index contributed by atoms with van der Waals surface area (Å²) in [6.07, 6.45) is 2.30. The highest BCUT2D eigenvalue weighted by atomic mass is 16.5. The van der Waals surface area contributed by atoms with Gasteiger partial charge < -0.3 is 14.7 Å². The molecule has 1 aromatic heterocycles. The van der Waals surface area contributed by atoms with Crippen LogP contribution in [0.1, 0.15) is 41.5 Å². The molecule has 3 heterocycles. The number of carbonyl (C=O) groups excluding carboxylic acids is 1. The fraction of sp³-hybridized carbons (Fsp3) is 0.789. The molecular formula is C19H30N4O3. The number of aliphatic hydroxyl groups is 1. The lowest BCUT2D eigenvalue weighted by molar-refractivity contribution is -0.0520. The van der Waals surface area contributed by atoms with Gasteiger partial charge in [0, 0.05) is 43.5 Å². The zero-order chi connectivity index (χ0) is 18.3. The first-order valence-corrected chi connectivity index (χ1v) is 9.91. The first kappa shape index (κ1) is 17.9. The Hall–Kier alpha value is -1.44. The number of aryl methyl sites for hydroxylation is 1. The summed E-state index contributed by atoms with van der Waals surface area (Å²) in [7, 11) is 0. The van der Waals surface area contributed by atoms with E-state index in [1.165, 1.54) is 0 Å². The second kappa shape index (κ2) is 7.29. The molecule has 3 fully saturated rings. The summed E-state index contributed by atoms with van der Waals surface area (Å²) in [6, 6.07) is 0.203. The Morgan fingerprint density at radius 2 is 1.96 bits per heavy atom. The van der Waals surface area contributed by atoms with Gasteiger partial charge in [-0.2, -0.15) is 5.10 Å². The molecule has 0 spiro atoms. The van der Waals surface area contributed by atoms with Crippen LogP contribution < -0.4 is 0 Å². The van der Waals surface area contributed by atoms with Crippen molar-refractivity contribution in [2.24, 2.45) is 11.8 Å². The summed E-state index contributed by atoms with van der Waals surface area (Å²) in [5.41, 5.74) is 2.57. The monoisotopic (exact) mass is 362 g/mol. The third-order valence-electron chi connectivity index (χ3n) is 6.58. The summed E-state index contributed by atoms with van der Waals surface area (Å²) < 4.78 is 5.45. The SMILES string of the molecule is CCc1[nH]nc(C(=O)N2C[C@H]3C[C@@H](N4CCOCC4)[C@H](O)C[C@H]3C2)c1C. The Bertz CT molecular complexity index is 655. The van der Waals surface area contributed by atoms with Gasteiger partial charge >= 0.3 is 0 Å². The molecule has 0 aromatic carbocycles. The third kappa shape index (κ3) is 3.17. The molecule has 1 saturated carbocycles. The molecule has 1 amide bonds. The lowest BCUT2D eigenvalue weighted by Crippen LogP contribution is -2.53. The minimum absolute atomic E-state index is 0.0327. The van der Waals surface area contributed by atoms with Crippen molar-refractivity contribution in [1.82, 2.24) is 20.0 Å². The number of ether oxygens (including phenoxy) is 1. The molecule has 7 nitrogen and oxygen atoms in total. The maximum absolute atomic E-state index is 13.0. The Labute approximate surface area is 154 Å². The molecule has 4 atom stereocenters. The second-order valence-corrected chi connectivity index (χ2v) is 8.01. The van der Waals surface area contributed by atoms with Crippen LogP contribution in [0.25, 0.3) is 0 Å². The van der Waals surface area contributed by atoms with E-state index in [2.05, 4.69) is 22.0 Å². The van der Waals surface area contributed by atoms with E-state index in [-0.39, 0.29) is 18.1 Å². The Kier molecular flexibility index (Phi) is 5.03. The fourth-order valence-corrected chi connectivity index (χ4v) is 5.01. The van der Waals surface area contributed by atoms with Crippen LogP contribution in [0, 0.1) is 18.8 Å². The first-order chi connectivity index (χ1) is 12.6. The summed E-state index contributed by atoms with van der Waals surface area (Å²) in [5.74, 6) is 0.904. The number of aromatic nitrogens is 2. The van der Waals surface area contributed by atoms with E-state index in [1.807, 2.05) is 11.8 Å². The number of carbonyl (C=O) groups is 1. The third-order valence-corrected chi connectivity index (χ3v) is 6.58. The number of nitrogens with one attached hydrogen (secondary N) is 1. The highest BCUT2D eigenvalue weighted by Crippen LogP contribution is 2.39. The Morgan fingerprint density at radius 3 is 2.62 bits per heavy atom. The van der Waals surface area contributed by atoms with Gasteiger partial charge in [-0.3, -0.25) is 14.8 Å². The zero-order valence-corrected chi connectivity index (χ0v) is 15.8. The van der Waals surface area contributed by atoms with Crippen molar-refractivity contribution in [3.05, 3.63) is 17.0 Å². The maximum Gasteiger partial charge on any atom is 0.274 e. The summed E-state index contributed by atoms with van der Waals surface area (Å²) in [5, 5.41) is 17.9. The van der Waals surface area contributed by atoms with E-state index in [9.17, 15) is 9.90 Å². The van der Waals surface area contributed by atoms with Crippen molar-refractivity contribution in [3.8, 4) is 0 Å². The number of hydrogen-bond acceptors (Lipinski definition) is 5. The van der Waals surface area contributed by atoms with Crippen LogP contribution >= 0.6 is 0 Å². The lowest BCUT2D eigenvalue weighted by Gasteiger charge is -2.43. The molecule has 3 aliphatic rings. The summed E-state index contributed by atoms with van der Waals surface area (Å²) in [4.78, 5) is 17.3. The van der Waals surface area contributed by atoms with Crippen LogP contribution in [-0.4, -0.2) is 82.5 Å². The van der Waals surface area contributed by atoms with Crippen molar-refractivity contribution in [2.75, 3.05) is 39.4 Å². The standard InChI is InChI=1S/C19H30N4O3/c1-3-15-12(2)18(21-20-15)19(25)23-10-13-8-16(17(24)9-14(13)11-23)22-4-6-26-7-5-22/h13-14,16-17,24H,3-11H2,1-2H3,(H,20,21)/t13-,14+,16-,17-/m1/s1. The van der Waals surface area contributed by atoms with Crippen LogP contribution in [0.2, 0.25) is 0 Å². The molecule has 1 aliphatic carbocycles. The topological polar surface area (TPSA) is 81.7 Å². The minimum atomic E-state index is -0.303. The predicted molar refractivity (Wildman–Crippen MR) is 97.0 cm³/mol. The molecule has 2 aliphatic heterocycles. The van der Waals surface area contributed by atoms with Crippen molar-refractivity contribution in [1.29, 1.82) is 0 Å². The molecule has 0 bridgehead atoms. The van der Waals surface area contributed by atoms with Gasteiger partial charge in [-0.05, 0) is 38.0 Å². The number of amides is 1. The number of morpholine rings is 1. The van der Waals surface area contributed by atoms with Gasteiger partial charge in [-0.15, -0.1) is 0 Å². The van der Waals surface area contributed by atoms with Crippen LogP contribution in [0.15, 0.2) is 0 Å². The number of hydrogen-bond donors (Lipinski definition) is 2. The Morgan fingerprint density at radius 1 is 1.27 bits per heavy atom. The molecule has 0 radical (unpaired) electrons. The normalized spacial score (nSPS) is 32.7. The lowest BCUT2D eigenvalue weighted by atomic mass is 9.77. The smallest absolute Gasteiger partial charge is 0.274 e. The quantitative estimate of drug-likeness (QED) is 0.832. The first-order valence-electron chi connectivity index (χ1n) is 9.91. The van der Waals surface area contributed by atoms with E-state index in [0.717, 1.165) is 69.9 Å². The number of fused-ring (bicyclic) bond motifs is 1. The van der Waals surface area contributed by atoms with E-state index < -0.39 is 0 Å². The van der Waals surface area contributed by atoms with E-state index >= 15 is 0 Å². The van der Waals surface area contributed by atoms with Crippen molar-refractivity contribution in [2.45, 2.75) is 45.3 Å². The fourth-order valence-electron chi connectivity index (χ4n) is 5.01. The van der Waals surface area contributed by atoms with Crippen molar-refractivity contribution in [3.63, 3.8) is 0 Å². The van der Waals surface area contributed by atoms with Crippen LogP contribution in [0.3, 0.4) is 0 Å². The zero-order valence-electron chi connectivity index (χ0n) is 15.8. The van der Waals surface area contributed by atoms with Gasteiger partial charge in [-0.25, -0.2) is 0 Å². The summed E-state index contributed by atoms with van der Waals surface area (Å²) >= 11 is 0. The highest BCUT2D eigenvalue weighted by Gasteiger charge is 2.45. The molecule has 26 heavy (non-hydrogen) atoms. The van der Waals surface area contributed by atoms with Crippen LogP contribution in [0.4, 0.5) is 0 Å². The van der Waals surface area contributed by atoms with Gasteiger partial charge in [0.2, 0.25) is 0 Å². The average molecular weight is 362 g/mol. The molecular weight excluding hydrogens is 332 g/mol. The van der Waals surface area contributed by atoms with Gasteiger partial charge in [0.25, 0.3) is 5.91 Å². The van der Waals surface area contributed by atoms with Gasteiger partial charge in [0.1, 0.15) is 0 Å². The second-order valence-electron chi connectivity index (χ2n) is 8.01. The summed E-state index contributed by atoms with van der Waals surface area (Å²) in [6.45, 7) is 8.85. The molecule has 2 saturated heterocycles. The maximum atomic E-state index is 13.0. The molecule has 2 N–H and O–H groups in total. The highest BCUT2D eigenvalue weighted by molar-refractivity contribution is 5.94. The number of rotatable bonds is 3. The Balaban J connectivity index is 1.44. The number of H-pyrrole nitrogens is 1. The predicted octanol–water partition coefficient (Wildman–Crippen LogP) is 0.824. The molecule has 0 unspecified atom stereocenters. The number of aliphatic hydroxyl groups excluding tert-OH is 1. The molecule has 1 aromatic rings. The van der Waals surface area contributed by atoms with Crippen molar-refractivity contribution < 1.29 is 14.6 Å². The number of nitrogens with zero attached hydrogens (tertiary/aromatic N) is 3. The van der Waals surface area contributed by atoms with Crippen molar-refractivity contribution >= 4 is 5.91 Å². The van der Waals surface area contributed by atoms with E-state index in [0.29, 0.717) is 17.5 Å². The van der Waals surface area contributed by atoms with E-state index in [1.54, 1.807) is 0 Å². The average Bonchev–Trinajstić information content (AvgIpc) is 3.24. The van der Waals surface area contributed by atoms with E-state index in [4.69, 9.17) is 4.74 Å². The number of aromatic amines is 1. The van der Waals surface area contributed by atoms with Gasteiger partial charge in [0.05, 0.1) is 19.3 Å².